The molecule has 0 N–H and O–H groups in total. The molecular formula is C4H7NOS. The number of aromatic nitrogens is 1. The largest absolute Gasteiger partial charge is 0.452 e. The number of thiol groups is 1. The minimum atomic E-state index is 1.38. The summed E-state index contributed by atoms with van der Waals surface area (Å²) in [6, 6.07) is 0. The van der Waals surface area contributed by atoms with E-state index in [9.17, 15) is 0 Å². The van der Waals surface area contributed by atoms with Gasteiger partial charge in [-0.25, -0.2) is 4.98 Å². The molecule has 0 radical (unpaired) electrons. The highest BCUT2D eigenvalue weighted by Crippen LogP contribution is 1.72. The molecule has 0 unspecified atom stereocenters. The Balaban J connectivity index is 0.000000162. The van der Waals surface area contributed by atoms with Crippen LogP contribution in [-0.4, -0.2) is 11.2 Å². The van der Waals surface area contributed by atoms with Crippen molar-refractivity contribution in [2.75, 3.05) is 6.26 Å². The molecule has 0 aliphatic rings. The van der Waals surface area contributed by atoms with Gasteiger partial charge in [0.15, 0.2) is 6.39 Å². The van der Waals surface area contributed by atoms with Crippen LogP contribution >= 0.6 is 12.6 Å². The Labute approximate surface area is 48.0 Å². The van der Waals surface area contributed by atoms with Crippen LogP contribution in [0.3, 0.4) is 0 Å². The Hall–Kier alpha value is -0.440. The molecular weight excluding hydrogens is 110 g/mol. The van der Waals surface area contributed by atoms with E-state index in [0.717, 1.165) is 0 Å². The van der Waals surface area contributed by atoms with Gasteiger partial charge in [-0.05, 0) is 6.26 Å². The van der Waals surface area contributed by atoms with E-state index in [1.165, 1.54) is 12.7 Å². The third-order valence-electron chi connectivity index (χ3n) is 0.347. The highest BCUT2D eigenvalue weighted by atomic mass is 32.1. The molecule has 0 amide bonds. The van der Waals surface area contributed by atoms with Gasteiger partial charge in [0.25, 0.3) is 0 Å². The van der Waals surface area contributed by atoms with Gasteiger partial charge in [-0.2, -0.15) is 12.6 Å². The van der Waals surface area contributed by atoms with Crippen LogP contribution in [-0.2, 0) is 0 Å². The van der Waals surface area contributed by atoms with Gasteiger partial charge in [0.05, 0.1) is 6.20 Å². The van der Waals surface area contributed by atoms with Crippen molar-refractivity contribution in [3.8, 4) is 0 Å². The summed E-state index contributed by atoms with van der Waals surface area (Å²) in [5, 5.41) is 0. The molecule has 0 aliphatic carbocycles. The zero-order valence-electron chi connectivity index (χ0n) is 4.03. The topological polar surface area (TPSA) is 26.0 Å². The molecule has 0 fully saturated rings. The normalized spacial score (nSPS) is 6.57. The first kappa shape index (κ1) is 6.56. The fourth-order valence-corrected chi connectivity index (χ4v) is 0.176. The second kappa shape index (κ2) is 5.56. The van der Waals surface area contributed by atoms with Crippen molar-refractivity contribution in [1.82, 2.24) is 4.98 Å². The lowest BCUT2D eigenvalue weighted by atomic mass is 11.0. The van der Waals surface area contributed by atoms with E-state index in [4.69, 9.17) is 0 Å². The summed E-state index contributed by atoms with van der Waals surface area (Å²) in [7, 11) is 0. The van der Waals surface area contributed by atoms with Crippen molar-refractivity contribution in [3.05, 3.63) is 18.9 Å². The van der Waals surface area contributed by atoms with Crippen molar-refractivity contribution < 1.29 is 4.42 Å². The number of oxazole rings is 1. The SMILES string of the molecule is CS.c1cocn1. The lowest BCUT2D eigenvalue weighted by Gasteiger charge is -1.47. The second-order valence-corrected chi connectivity index (χ2v) is 0.676. The fraction of sp³-hybridized carbons (Fsp3) is 0.250. The van der Waals surface area contributed by atoms with Crippen LogP contribution < -0.4 is 0 Å². The Kier molecular flexibility index (Phi) is 5.21. The van der Waals surface area contributed by atoms with Gasteiger partial charge in [0.1, 0.15) is 6.26 Å². The predicted molar refractivity (Wildman–Crippen MR) is 31.4 cm³/mol. The number of nitrogens with zero attached hydrogens (tertiary/aromatic N) is 1. The van der Waals surface area contributed by atoms with Gasteiger partial charge in [-0.3, -0.25) is 0 Å². The lowest BCUT2D eigenvalue weighted by Crippen LogP contribution is -1.38. The molecule has 40 valence electrons. The maximum absolute atomic E-state index is 4.47. The van der Waals surface area contributed by atoms with Crippen LogP contribution in [0.5, 0.6) is 0 Å². The van der Waals surface area contributed by atoms with Crippen molar-refractivity contribution in [2.24, 2.45) is 0 Å². The fourth-order valence-electron chi connectivity index (χ4n) is 0.176. The maximum atomic E-state index is 4.47. The highest BCUT2D eigenvalue weighted by Gasteiger charge is 1.59. The van der Waals surface area contributed by atoms with Crippen LogP contribution in [0.4, 0.5) is 0 Å². The Morgan fingerprint density at radius 3 is 2.43 bits per heavy atom. The summed E-state index contributed by atoms with van der Waals surface area (Å²) in [4.78, 5) is 3.56. The Morgan fingerprint density at radius 1 is 1.57 bits per heavy atom. The van der Waals surface area contributed by atoms with Gasteiger partial charge < -0.3 is 4.42 Å². The van der Waals surface area contributed by atoms with E-state index in [-0.39, 0.29) is 0 Å². The molecule has 1 aromatic heterocycles. The van der Waals surface area contributed by atoms with Crippen LogP contribution in [0.25, 0.3) is 0 Å². The van der Waals surface area contributed by atoms with E-state index in [0.29, 0.717) is 0 Å². The lowest BCUT2D eigenvalue weighted by molar-refractivity contribution is 0.558. The van der Waals surface area contributed by atoms with Gasteiger partial charge in [-0.15, -0.1) is 0 Å². The van der Waals surface area contributed by atoms with E-state index >= 15 is 0 Å². The van der Waals surface area contributed by atoms with E-state index in [1.54, 1.807) is 12.5 Å². The predicted octanol–water partition coefficient (Wildman–Crippen LogP) is 1.22. The highest BCUT2D eigenvalue weighted by molar-refractivity contribution is 7.79. The molecule has 1 heterocycles. The van der Waals surface area contributed by atoms with E-state index < -0.39 is 0 Å². The van der Waals surface area contributed by atoms with Crippen LogP contribution in [0.2, 0.25) is 0 Å². The quantitative estimate of drug-likeness (QED) is 0.517. The summed E-state index contributed by atoms with van der Waals surface area (Å²) in [5.74, 6) is 0. The molecule has 0 aromatic carbocycles. The molecule has 2 nitrogen and oxygen atoms in total. The van der Waals surface area contributed by atoms with Gasteiger partial charge in [0, 0.05) is 0 Å². The van der Waals surface area contributed by atoms with Crippen LogP contribution in [0, 0.1) is 0 Å². The average molecular weight is 117 g/mol. The molecule has 0 atom stereocenters. The molecule has 1 rings (SSSR count). The van der Waals surface area contributed by atoms with E-state index in [2.05, 4.69) is 22.0 Å². The van der Waals surface area contributed by atoms with E-state index in [1.807, 2.05) is 0 Å². The van der Waals surface area contributed by atoms with Crippen molar-refractivity contribution >= 4 is 12.6 Å². The summed E-state index contributed by atoms with van der Waals surface area (Å²) in [5.41, 5.74) is 0. The number of hydrogen-bond donors (Lipinski definition) is 1. The minimum absolute atomic E-state index is 1.38. The third kappa shape index (κ3) is 3.39. The summed E-state index contributed by atoms with van der Waals surface area (Å²) >= 11 is 3.53. The Bertz CT molecular complexity index is 68.2. The van der Waals surface area contributed by atoms with Crippen LogP contribution in [0.1, 0.15) is 0 Å². The standard InChI is InChI=1S/C3H3NO.CH4S/c1-2-5-3-4-1;1-2/h1-3H;2H,1H3. The monoisotopic (exact) mass is 117 g/mol. The van der Waals surface area contributed by atoms with Gasteiger partial charge in [-0.1, -0.05) is 0 Å². The second-order valence-electron chi connectivity index (χ2n) is 0.676. The first-order chi connectivity index (χ1) is 3.50. The first-order valence-corrected chi connectivity index (χ1v) is 2.66. The Morgan fingerprint density at radius 2 is 2.29 bits per heavy atom. The van der Waals surface area contributed by atoms with Crippen molar-refractivity contribution in [1.29, 1.82) is 0 Å². The molecule has 0 saturated carbocycles. The molecule has 0 bridgehead atoms. The van der Waals surface area contributed by atoms with Crippen molar-refractivity contribution in [3.63, 3.8) is 0 Å². The van der Waals surface area contributed by atoms with Gasteiger partial charge >= 0.3 is 0 Å². The molecule has 0 spiro atoms. The number of hydrogen-bond acceptors (Lipinski definition) is 3. The van der Waals surface area contributed by atoms with Crippen molar-refractivity contribution in [2.45, 2.75) is 0 Å². The average Bonchev–Trinajstić information content (AvgIpc) is 2.23. The first-order valence-electron chi connectivity index (χ1n) is 1.77. The molecule has 1 aromatic rings. The smallest absolute Gasteiger partial charge is 0.180 e. The maximum Gasteiger partial charge on any atom is 0.180 e. The zero-order chi connectivity index (χ0) is 5.54. The molecule has 0 aliphatic heterocycles. The molecule has 3 heteroatoms. The van der Waals surface area contributed by atoms with Crippen LogP contribution in [0.15, 0.2) is 23.3 Å². The number of rotatable bonds is 0. The summed E-state index contributed by atoms with van der Waals surface area (Å²) < 4.78 is 4.47. The minimum Gasteiger partial charge on any atom is -0.452 e. The van der Waals surface area contributed by atoms with Gasteiger partial charge in [0.2, 0.25) is 0 Å². The summed E-state index contributed by atoms with van der Waals surface area (Å²) in [6.07, 6.45) is 6.17. The molecule has 7 heavy (non-hydrogen) atoms. The molecule has 0 saturated heterocycles. The third-order valence-corrected chi connectivity index (χ3v) is 0.347. The zero-order valence-corrected chi connectivity index (χ0v) is 4.93. The summed E-state index contributed by atoms with van der Waals surface area (Å²) in [6.45, 7) is 0.